The summed E-state index contributed by atoms with van der Waals surface area (Å²) in [5, 5.41) is 7.14. The van der Waals surface area contributed by atoms with Gasteiger partial charge in [-0.15, -0.1) is 0 Å². The fourth-order valence-corrected chi connectivity index (χ4v) is 4.42. The average molecular weight is 445 g/mol. The van der Waals surface area contributed by atoms with Gasteiger partial charge in [0.05, 0.1) is 30.1 Å². The molecule has 3 aliphatic rings. The van der Waals surface area contributed by atoms with E-state index in [4.69, 9.17) is 30.5 Å². The van der Waals surface area contributed by atoms with E-state index >= 15 is 0 Å². The number of halogens is 1. The molecule has 0 aliphatic carbocycles. The van der Waals surface area contributed by atoms with Crippen LogP contribution in [0.4, 0.5) is 5.69 Å². The van der Waals surface area contributed by atoms with Crippen LogP contribution in [-0.4, -0.2) is 31.8 Å². The third-order valence-corrected chi connectivity index (χ3v) is 5.92. The molecule has 0 unspecified atom stereocenters. The van der Waals surface area contributed by atoms with E-state index in [1.807, 2.05) is 18.2 Å². The molecule has 2 aromatic rings. The molecule has 0 amide bonds. The molecule has 0 saturated carbocycles. The Balaban J connectivity index is 1.52. The first-order chi connectivity index (χ1) is 15.1. The van der Waals surface area contributed by atoms with Gasteiger partial charge in [-0.25, -0.2) is 0 Å². The lowest BCUT2D eigenvalue weighted by atomic mass is 9.96. The fourth-order valence-electron chi connectivity index (χ4n) is 4.18. The van der Waals surface area contributed by atoms with Crippen LogP contribution in [-0.2, 0) is 37.8 Å². The second kappa shape index (κ2) is 7.94. The van der Waals surface area contributed by atoms with Crippen LogP contribution in [0.2, 0.25) is 5.02 Å². The lowest BCUT2D eigenvalue weighted by molar-refractivity contribution is -0.225. The highest BCUT2D eigenvalue weighted by Crippen LogP contribution is 2.41. The zero-order valence-corrected chi connectivity index (χ0v) is 17.4. The van der Waals surface area contributed by atoms with Crippen molar-refractivity contribution in [2.45, 2.75) is 31.6 Å². The Hall–Kier alpha value is -2.97. The molecule has 0 radical (unpaired) electrons. The second-order valence-electron chi connectivity index (χ2n) is 7.58. The highest BCUT2D eigenvalue weighted by molar-refractivity contribution is 6.33. The van der Waals surface area contributed by atoms with Gasteiger partial charge in [0.1, 0.15) is 0 Å². The van der Waals surface area contributed by atoms with Crippen molar-refractivity contribution in [3.63, 3.8) is 0 Å². The molecule has 5 rings (SSSR count). The van der Waals surface area contributed by atoms with Gasteiger partial charge in [-0.1, -0.05) is 23.7 Å². The molecule has 1 saturated heterocycles. The molecular formula is C22H21ClN2O6. The fraction of sp³-hybridized carbons (Fsp3) is 0.364. The summed E-state index contributed by atoms with van der Waals surface area (Å²) >= 11 is 6.56. The summed E-state index contributed by atoms with van der Waals surface area (Å²) in [5.41, 5.74) is 3.09. The first kappa shape index (κ1) is 20.0. The minimum atomic E-state index is -1.51. The summed E-state index contributed by atoms with van der Waals surface area (Å²) in [5.74, 6) is -1.04. The van der Waals surface area contributed by atoms with Crippen molar-refractivity contribution >= 4 is 29.2 Å². The van der Waals surface area contributed by atoms with Crippen LogP contribution in [0.1, 0.15) is 29.5 Å². The Morgan fingerprint density at radius 1 is 1.03 bits per heavy atom. The van der Waals surface area contributed by atoms with E-state index in [9.17, 15) is 9.59 Å². The number of hydrogen-bond acceptors (Lipinski definition) is 8. The minimum absolute atomic E-state index is 0.00416. The second-order valence-corrected chi connectivity index (χ2v) is 7.99. The van der Waals surface area contributed by atoms with Gasteiger partial charge in [0.25, 0.3) is 5.79 Å². The Morgan fingerprint density at radius 3 is 2.65 bits per heavy atom. The summed E-state index contributed by atoms with van der Waals surface area (Å²) in [6, 6.07) is 9.20. The topological polar surface area (TPSA) is 95.1 Å². The number of carbonyl (C=O) groups is 2. The van der Waals surface area contributed by atoms with Crippen LogP contribution in [0.3, 0.4) is 0 Å². The van der Waals surface area contributed by atoms with Gasteiger partial charge in [-0.05, 0) is 36.7 Å². The Labute approximate surface area is 183 Å². The molecule has 0 atom stereocenters. The predicted octanol–water partition coefficient (Wildman–Crippen LogP) is 2.86. The van der Waals surface area contributed by atoms with Gasteiger partial charge in [0, 0.05) is 17.7 Å². The number of esters is 2. The molecule has 1 spiro atoms. The van der Waals surface area contributed by atoms with Gasteiger partial charge in [0.15, 0.2) is 11.5 Å². The molecule has 8 nitrogen and oxygen atoms in total. The van der Waals surface area contributed by atoms with Crippen LogP contribution in [0.5, 0.6) is 11.5 Å². The third kappa shape index (κ3) is 3.66. The maximum atomic E-state index is 12.2. The highest BCUT2D eigenvalue weighted by atomic mass is 35.5. The van der Waals surface area contributed by atoms with Gasteiger partial charge < -0.3 is 29.6 Å². The number of nitrogens with one attached hydrogen (secondary N) is 2. The first-order valence-electron chi connectivity index (χ1n) is 10.1. The summed E-state index contributed by atoms with van der Waals surface area (Å²) in [7, 11) is 0. The van der Waals surface area contributed by atoms with E-state index < -0.39 is 17.7 Å². The van der Waals surface area contributed by atoms with Crippen molar-refractivity contribution in [3.05, 3.63) is 52.0 Å². The van der Waals surface area contributed by atoms with Crippen molar-refractivity contribution < 1.29 is 28.5 Å². The largest absolute Gasteiger partial charge is 0.454 e. The van der Waals surface area contributed by atoms with Crippen molar-refractivity contribution in [2.24, 2.45) is 0 Å². The average Bonchev–Trinajstić information content (AvgIpc) is 3.10. The molecule has 9 heteroatoms. The Morgan fingerprint density at radius 2 is 1.84 bits per heavy atom. The molecule has 3 heterocycles. The van der Waals surface area contributed by atoms with Crippen LogP contribution in [0.25, 0.3) is 0 Å². The Kier molecular flexibility index (Phi) is 5.11. The predicted molar refractivity (Wildman–Crippen MR) is 111 cm³/mol. The lowest BCUT2D eigenvalue weighted by Gasteiger charge is -2.32. The summed E-state index contributed by atoms with van der Waals surface area (Å²) < 4.78 is 22.4. The summed E-state index contributed by atoms with van der Waals surface area (Å²) in [6.45, 7) is 1.42. The number of rotatable bonds is 3. The van der Waals surface area contributed by atoms with E-state index in [0.29, 0.717) is 47.3 Å². The molecule has 162 valence electrons. The number of carbonyl (C=O) groups excluding carboxylic acids is 2. The first-order valence-corrected chi connectivity index (χ1v) is 10.5. The molecule has 0 bridgehead atoms. The molecule has 31 heavy (non-hydrogen) atoms. The molecular weight excluding hydrogens is 424 g/mol. The van der Waals surface area contributed by atoms with Crippen LogP contribution in [0, 0.1) is 0 Å². The number of anilines is 1. The number of para-hydroxylation sites is 1. The Bertz CT molecular complexity index is 1040. The zero-order valence-electron chi connectivity index (χ0n) is 16.7. The van der Waals surface area contributed by atoms with Crippen LogP contribution < -0.4 is 20.1 Å². The monoisotopic (exact) mass is 444 g/mol. The smallest absolute Gasteiger partial charge is 0.309 e. The van der Waals surface area contributed by atoms with Gasteiger partial charge in [-0.3, -0.25) is 9.59 Å². The molecule has 2 N–H and O–H groups in total. The molecule has 2 aromatic carbocycles. The van der Waals surface area contributed by atoms with Gasteiger partial charge in [0.2, 0.25) is 6.79 Å². The van der Waals surface area contributed by atoms with Crippen molar-refractivity contribution in [3.8, 4) is 11.5 Å². The maximum absolute atomic E-state index is 12.2. The van der Waals surface area contributed by atoms with Crippen molar-refractivity contribution in [1.29, 1.82) is 0 Å². The minimum Gasteiger partial charge on any atom is -0.454 e. The third-order valence-electron chi connectivity index (χ3n) is 5.61. The van der Waals surface area contributed by atoms with Gasteiger partial charge in [-0.2, -0.15) is 0 Å². The molecule has 3 aliphatic heterocycles. The SMILES string of the molecule is O=C1CCC(=O)OC2(CNCCc3c2ccc(Cl)c3NCc2cccc3c2OCO3)O1. The highest BCUT2D eigenvalue weighted by Gasteiger charge is 2.46. The lowest BCUT2D eigenvalue weighted by Crippen LogP contribution is -2.43. The van der Waals surface area contributed by atoms with E-state index in [1.165, 1.54) is 0 Å². The van der Waals surface area contributed by atoms with Crippen LogP contribution in [0.15, 0.2) is 30.3 Å². The van der Waals surface area contributed by atoms with E-state index in [2.05, 4.69) is 10.6 Å². The maximum Gasteiger partial charge on any atom is 0.309 e. The quantitative estimate of drug-likeness (QED) is 0.698. The molecule has 0 aromatic heterocycles. The zero-order chi connectivity index (χ0) is 21.4. The number of fused-ring (bicyclic) bond motifs is 3. The van der Waals surface area contributed by atoms with E-state index in [-0.39, 0.29) is 26.2 Å². The van der Waals surface area contributed by atoms with Crippen LogP contribution >= 0.6 is 11.6 Å². The summed E-state index contributed by atoms with van der Waals surface area (Å²) in [6.07, 6.45) is 0.604. The molecule has 1 fully saturated rings. The van der Waals surface area contributed by atoms with Crippen molar-refractivity contribution in [2.75, 3.05) is 25.2 Å². The number of ether oxygens (including phenoxy) is 4. The summed E-state index contributed by atoms with van der Waals surface area (Å²) in [4.78, 5) is 24.5. The van der Waals surface area contributed by atoms with E-state index in [0.717, 1.165) is 11.1 Å². The normalized spacial score (nSPS) is 19.1. The number of benzene rings is 2. The standard InChI is InChI=1S/C22H21ClN2O6/c23-16-5-4-15-14(8-9-24-11-22(15)30-18(26)6-7-19(27)31-22)20(16)25-10-13-2-1-3-17-21(13)29-12-28-17/h1-5,24-25H,6-12H2. The van der Waals surface area contributed by atoms with Crippen molar-refractivity contribution in [1.82, 2.24) is 5.32 Å². The van der Waals surface area contributed by atoms with Gasteiger partial charge >= 0.3 is 11.9 Å². The number of hydrogen-bond donors (Lipinski definition) is 2. The van der Waals surface area contributed by atoms with E-state index in [1.54, 1.807) is 12.1 Å².